The molecule has 1 aliphatic carbocycles. The number of rotatable bonds is 6. The molecule has 0 aromatic heterocycles. The molecule has 0 amide bonds. The van der Waals surface area contributed by atoms with Crippen LogP contribution in [0.2, 0.25) is 0 Å². The summed E-state index contributed by atoms with van der Waals surface area (Å²) in [6, 6.07) is 22.0. The van der Waals surface area contributed by atoms with Crippen LogP contribution in [0.15, 0.2) is 84.9 Å². The quantitative estimate of drug-likeness (QED) is 0.257. The van der Waals surface area contributed by atoms with Gasteiger partial charge in [0.05, 0.1) is 33.6 Å². The Labute approximate surface area is 204 Å². The van der Waals surface area contributed by atoms with Gasteiger partial charge in [0.15, 0.2) is 11.6 Å². The van der Waals surface area contributed by atoms with Gasteiger partial charge < -0.3 is 20.8 Å². The first-order valence-electron chi connectivity index (χ1n) is 10.9. The van der Waals surface area contributed by atoms with Gasteiger partial charge >= 0.3 is 11.9 Å². The lowest BCUT2D eigenvalue weighted by molar-refractivity contribution is 0.0686. The number of ketones is 2. The van der Waals surface area contributed by atoms with E-state index in [0.29, 0.717) is 22.7 Å². The first kappa shape index (κ1) is 22.5. The van der Waals surface area contributed by atoms with Crippen LogP contribution in [-0.4, -0.2) is 33.7 Å². The number of nitrogens with one attached hydrogen (secondary N) is 2. The van der Waals surface area contributed by atoms with Gasteiger partial charge in [0.1, 0.15) is 0 Å². The van der Waals surface area contributed by atoms with Gasteiger partial charge in [-0.3, -0.25) is 9.59 Å². The molecule has 0 heterocycles. The Balaban J connectivity index is 1.57. The van der Waals surface area contributed by atoms with Crippen molar-refractivity contribution in [3.8, 4) is 0 Å². The van der Waals surface area contributed by atoms with E-state index >= 15 is 0 Å². The van der Waals surface area contributed by atoms with Crippen molar-refractivity contribution in [2.45, 2.75) is 0 Å². The van der Waals surface area contributed by atoms with Crippen LogP contribution in [0.25, 0.3) is 0 Å². The molecular formula is C28H18N2O6. The van der Waals surface area contributed by atoms with Crippen LogP contribution in [-0.2, 0) is 0 Å². The van der Waals surface area contributed by atoms with Gasteiger partial charge in [0.2, 0.25) is 0 Å². The van der Waals surface area contributed by atoms with Crippen molar-refractivity contribution >= 4 is 46.3 Å². The first-order chi connectivity index (χ1) is 17.3. The average molecular weight is 478 g/mol. The molecule has 0 bridgehead atoms. The monoisotopic (exact) mass is 478 g/mol. The van der Waals surface area contributed by atoms with Crippen molar-refractivity contribution in [1.82, 2.24) is 0 Å². The fourth-order valence-electron chi connectivity index (χ4n) is 4.22. The van der Waals surface area contributed by atoms with Gasteiger partial charge in [-0.2, -0.15) is 0 Å². The fraction of sp³-hybridized carbons (Fsp3) is 0. The summed E-state index contributed by atoms with van der Waals surface area (Å²) >= 11 is 0. The largest absolute Gasteiger partial charge is 0.478 e. The molecule has 8 nitrogen and oxygen atoms in total. The Morgan fingerprint density at radius 3 is 1.39 bits per heavy atom. The zero-order valence-electron chi connectivity index (χ0n) is 18.6. The Morgan fingerprint density at radius 1 is 0.556 bits per heavy atom. The second-order valence-electron chi connectivity index (χ2n) is 8.14. The summed E-state index contributed by atoms with van der Waals surface area (Å²) < 4.78 is 0. The lowest BCUT2D eigenvalue weighted by atomic mass is 9.82. The number of hydrogen-bond donors (Lipinski definition) is 4. The van der Waals surface area contributed by atoms with Crippen LogP contribution >= 0.6 is 0 Å². The second kappa shape index (κ2) is 8.84. The summed E-state index contributed by atoms with van der Waals surface area (Å²) in [6.07, 6.45) is 0. The van der Waals surface area contributed by atoms with Crippen LogP contribution in [0.1, 0.15) is 52.6 Å². The molecule has 0 unspecified atom stereocenters. The minimum Gasteiger partial charge on any atom is -0.478 e. The van der Waals surface area contributed by atoms with Crippen molar-refractivity contribution in [1.29, 1.82) is 0 Å². The van der Waals surface area contributed by atoms with Crippen molar-refractivity contribution in [3.05, 3.63) is 118 Å². The number of fused-ring (bicyclic) bond motifs is 2. The van der Waals surface area contributed by atoms with Crippen molar-refractivity contribution in [2.75, 3.05) is 10.6 Å². The van der Waals surface area contributed by atoms with Gasteiger partial charge in [-0.25, -0.2) is 9.59 Å². The lowest BCUT2D eigenvalue weighted by Crippen LogP contribution is -2.23. The molecule has 36 heavy (non-hydrogen) atoms. The normalized spacial score (nSPS) is 11.9. The molecule has 4 aromatic rings. The smallest absolute Gasteiger partial charge is 0.335 e. The van der Waals surface area contributed by atoms with Gasteiger partial charge in [0, 0.05) is 22.5 Å². The Kier molecular flexibility index (Phi) is 5.54. The van der Waals surface area contributed by atoms with E-state index in [4.69, 9.17) is 0 Å². The maximum Gasteiger partial charge on any atom is 0.335 e. The van der Waals surface area contributed by atoms with Crippen LogP contribution < -0.4 is 10.6 Å². The first-order valence-corrected chi connectivity index (χ1v) is 10.9. The van der Waals surface area contributed by atoms with E-state index in [1.54, 1.807) is 60.7 Å². The highest BCUT2D eigenvalue weighted by Crippen LogP contribution is 2.37. The van der Waals surface area contributed by atoms with Crippen molar-refractivity contribution in [2.24, 2.45) is 0 Å². The molecule has 4 N–H and O–H groups in total. The standard InChI is InChI=1S/C28H18N2O6/c31-25-19-9-3-11-21(29-17-7-1-5-15(13-17)27(33)34)23(19)26(32)24-20(25)10-4-12-22(24)30-18-8-2-6-16(14-18)28(35)36/h1-14,29-30H,(H,33,34)(H,35,36). The van der Waals surface area contributed by atoms with E-state index in [1.165, 1.54) is 24.3 Å². The van der Waals surface area contributed by atoms with E-state index in [2.05, 4.69) is 10.6 Å². The highest BCUT2D eigenvalue weighted by atomic mass is 16.4. The number of carboxylic acid groups (broad SMARTS) is 2. The molecule has 4 aromatic carbocycles. The Bertz CT molecular complexity index is 1480. The molecule has 1 aliphatic rings. The highest BCUT2D eigenvalue weighted by Gasteiger charge is 2.33. The number of aromatic carboxylic acids is 2. The summed E-state index contributed by atoms with van der Waals surface area (Å²) in [4.78, 5) is 49.9. The third kappa shape index (κ3) is 3.97. The summed E-state index contributed by atoms with van der Waals surface area (Å²) in [5, 5.41) is 24.7. The molecule has 176 valence electrons. The number of anilines is 4. The third-order valence-electron chi connectivity index (χ3n) is 5.85. The topological polar surface area (TPSA) is 133 Å². The Hall–Kier alpha value is -5.24. The van der Waals surface area contributed by atoms with Gasteiger partial charge in [-0.05, 0) is 48.5 Å². The molecule has 0 atom stereocenters. The van der Waals surface area contributed by atoms with E-state index in [-0.39, 0.29) is 39.2 Å². The van der Waals surface area contributed by atoms with E-state index in [0.717, 1.165) is 0 Å². The van der Waals surface area contributed by atoms with Crippen LogP contribution in [0.4, 0.5) is 22.7 Å². The molecule has 0 saturated carbocycles. The van der Waals surface area contributed by atoms with Gasteiger partial charge in [-0.15, -0.1) is 0 Å². The number of carbonyl (C=O) groups excluding carboxylic acids is 2. The zero-order chi connectivity index (χ0) is 25.4. The minimum atomic E-state index is -1.09. The molecule has 0 radical (unpaired) electrons. The Morgan fingerprint density at radius 2 is 0.972 bits per heavy atom. The summed E-state index contributed by atoms with van der Waals surface area (Å²) in [7, 11) is 0. The van der Waals surface area contributed by atoms with Crippen molar-refractivity contribution in [3.63, 3.8) is 0 Å². The molecule has 0 saturated heterocycles. The van der Waals surface area contributed by atoms with Gasteiger partial charge in [0.25, 0.3) is 0 Å². The van der Waals surface area contributed by atoms with Crippen molar-refractivity contribution < 1.29 is 29.4 Å². The van der Waals surface area contributed by atoms with Crippen LogP contribution in [0.3, 0.4) is 0 Å². The molecule has 5 rings (SSSR count). The van der Waals surface area contributed by atoms with E-state index in [1.807, 2.05) is 0 Å². The lowest BCUT2D eigenvalue weighted by Gasteiger charge is -2.23. The second-order valence-corrected chi connectivity index (χ2v) is 8.14. The minimum absolute atomic E-state index is 0.0765. The summed E-state index contributed by atoms with van der Waals surface area (Å²) in [5.74, 6) is -2.90. The predicted octanol–water partition coefficient (Wildman–Crippen LogP) is 5.35. The van der Waals surface area contributed by atoms with E-state index in [9.17, 15) is 29.4 Å². The molecule has 0 aliphatic heterocycles. The number of hydrogen-bond acceptors (Lipinski definition) is 6. The molecule has 0 fully saturated rings. The third-order valence-corrected chi connectivity index (χ3v) is 5.85. The highest BCUT2D eigenvalue weighted by molar-refractivity contribution is 6.32. The van der Waals surface area contributed by atoms with Gasteiger partial charge in [-0.1, -0.05) is 36.4 Å². The van der Waals surface area contributed by atoms with Crippen LogP contribution in [0, 0.1) is 0 Å². The molecular weight excluding hydrogens is 460 g/mol. The van der Waals surface area contributed by atoms with Crippen LogP contribution in [0.5, 0.6) is 0 Å². The summed E-state index contributed by atoms with van der Waals surface area (Å²) in [5.41, 5.74) is 2.59. The number of carboxylic acids is 2. The SMILES string of the molecule is O=C(O)c1cccc(Nc2cccc3c2C(=O)c2c(Nc4cccc(C(=O)O)c4)cccc2C3=O)c1. The summed E-state index contributed by atoms with van der Waals surface area (Å²) in [6.45, 7) is 0. The number of carbonyl (C=O) groups is 4. The van der Waals surface area contributed by atoms with E-state index < -0.39 is 17.7 Å². The fourth-order valence-corrected chi connectivity index (χ4v) is 4.22. The average Bonchev–Trinajstić information content (AvgIpc) is 2.87. The maximum absolute atomic E-state index is 13.8. The molecule has 8 heteroatoms. The molecule has 0 spiro atoms. The number of benzene rings is 4. The zero-order valence-corrected chi connectivity index (χ0v) is 18.6. The predicted molar refractivity (Wildman–Crippen MR) is 133 cm³/mol. The maximum atomic E-state index is 13.8.